The Morgan fingerprint density at radius 2 is 2.00 bits per heavy atom. The number of carbonyl (C=O) groups is 2. The number of amides is 1. The Morgan fingerprint density at radius 3 is 2.65 bits per heavy atom. The Labute approximate surface area is 117 Å². The van der Waals surface area contributed by atoms with E-state index in [4.69, 9.17) is 5.11 Å². The predicted octanol–water partition coefficient (Wildman–Crippen LogP) is 1.67. The summed E-state index contributed by atoms with van der Waals surface area (Å²) in [5.41, 5.74) is 1.66. The van der Waals surface area contributed by atoms with Gasteiger partial charge in [0.25, 0.3) is 0 Å². The van der Waals surface area contributed by atoms with Crippen LogP contribution in [0.4, 0.5) is 0 Å². The lowest BCUT2D eigenvalue weighted by Crippen LogP contribution is -2.38. The molecule has 0 radical (unpaired) electrons. The van der Waals surface area contributed by atoms with Crippen LogP contribution in [0.1, 0.15) is 24.2 Å². The molecule has 2 N–H and O–H groups in total. The molecule has 0 saturated carbocycles. The third kappa shape index (κ3) is 3.44. The molecule has 0 saturated heterocycles. The molecular weight excluding hydrogens is 256 g/mol. The molecule has 1 amide bonds. The molecule has 2 atom stereocenters. The molecular formula is C15H18N2O3. The van der Waals surface area contributed by atoms with Crippen LogP contribution in [-0.2, 0) is 16.1 Å². The number of pyridine rings is 1. The average Bonchev–Trinajstić information content (AvgIpc) is 2.45. The SMILES string of the molecule is Cc1cccc(CNC(=O)C2CC=CCC2C(=O)O)n1. The summed E-state index contributed by atoms with van der Waals surface area (Å²) in [6.45, 7) is 2.21. The maximum atomic E-state index is 12.1. The number of nitrogens with zero attached hydrogens (tertiary/aromatic N) is 1. The van der Waals surface area contributed by atoms with Gasteiger partial charge in [-0.1, -0.05) is 18.2 Å². The number of allylic oxidation sites excluding steroid dienone is 2. The third-order valence-electron chi connectivity index (χ3n) is 3.48. The lowest BCUT2D eigenvalue weighted by molar-refractivity contribution is -0.147. The average molecular weight is 274 g/mol. The number of carboxylic acid groups (broad SMARTS) is 1. The zero-order valence-corrected chi connectivity index (χ0v) is 11.4. The minimum Gasteiger partial charge on any atom is -0.481 e. The molecule has 2 unspecified atom stereocenters. The first kappa shape index (κ1) is 14.2. The standard InChI is InChI=1S/C15H18N2O3/c1-10-5-4-6-11(17-10)9-16-14(18)12-7-2-3-8-13(12)15(19)20/h2-6,12-13H,7-9H2,1H3,(H,16,18)(H,19,20). The Morgan fingerprint density at radius 1 is 1.30 bits per heavy atom. The molecule has 1 aromatic rings. The fourth-order valence-electron chi connectivity index (χ4n) is 2.38. The molecule has 0 aromatic carbocycles. The summed E-state index contributed by atoms with van der Waals surface area (Å²) in [6, 6.07) is 5.60. The Kier molecular flexibility index (Phi) is 4.50. The normalized spacial score (nSPS) is 21.4. The summed E-state index contributed by atoms with van der Waals surface area (Å²) in [7, 11) is 0. The second kappa shape index (κ2) is 6.32. The largest absolute Gasteiger partial charge is 0.481 e. The van der Waals surface area contributed by atoms with Crippen molar-refractivity contribution < 1.29 is 14.7 Å². The Hall–Kier alpha value is -2.17. The summed E-state index contributed by atoms with van der Waals surface area (Å²) in [5, 5.41) is 11.9. The smallest absolute Gasteiger partial charge is 0.307 e. The van der Waals surface area contributed by atoms with E-state index in [0.29, 0.717) is 19.4 Å². The van der Waals surface area contributed by atoms with E-state index in [2.05, 4.69) is 10.3 Å². The zero-order chi connectivity index (χ0) is 14.5. The summed E-state index contributed by atoms with van der Waals surface area (Å²) >= 11 is 0. The van der Waals surface area contributed by atoms with Gasteiger partial charge in [0.2, 0.25) is 5.91 Å². The van der Waals surface area contributed by atoms with Crippen LogP contribution in [0.5, 0.6) is 0 Å². The van der Waals surface area contributed by atoms with E-state index in [1.807, 2.05) is 37.3 Å². The third-order valence-corrected chi connectivity index (χ3v) is 3.48. The van der Waals surface area contributed by atoms with Crippen LogP contribution in [0.2, 0.25) is 0 Å². The van der Waals surface area contributed by atoms with Gasteiger partial charge in [0, 0.05) is 5.69 Å². The van der Waals surface area contributed by atoms with Gasteiger partial charge in [-0.05, 0) is 31.9 Å². The summed E-state index contributed by atoms with van der Waals surface area (Å²) < 4.78 is 0. The van der Waals surface area contributed by atoms with E-state index in [1.54, 1.807) is 0 Å². The predicted molar refractivity (Wildman–Crippen MR) is 73.8 cm³/mol. The molecule has 1 aliphatic rings. The van der Waals surface area contributed by atoms with Crippen LogP contribution < -0.4 is 5.32 Å². The van der Waals surface area contributed by atoms with Crippen LogP contribution in [0, 0.1) is 18.8 Å². The summed E-state index contributed by atoms with van der Waals surface area (Å²) in [5.74, 6) is -2.26. The lowest BCUT2D eigenvalue weighted by Gasteiger charge is -2.24. The van der Waals surface area contributed by atoms with Gasteiger partial charge in [0.05, 0.1) is 24.1 Å². The van der Waals surface area contributed by atoms with E-state index in [0.717, 1.165) is 11.4 Å². The molecule has 0 bridgehead atoms. The zero-order valence-electron chi connectivity index (χ0n) is 11.4. The molecule has 5 heteroatoms. The number of hydrogen-bond donors (Lipinski definition) is 2. The van der Waals surface area contributed by atoms with Crippen molar-refractivity contribution in [1.82, 2.24) is 10.3 Å². The first-order valence-corrected chi connectivity index (χ1v) is 6.66. The van der Waals surface area contributed by atoms with Gasteiger partial charge in [-0.3, -0.25) is 14.6 Å². The van der Waals surface area contributed by atoms with E-state index in [-0.39, 0.29) is 5.91 Å². The molecule has 1 heterocycles. The number of aryl methyl sites for hydroxylation is 1. The van der Waals surface area contributed by atoms with Gasteiger partial charge in [-0.2, -0.15) is 0 Å². The van der Waals surface area contributed by atoms with E-state index in [9.17, 15) is 9.59 Å². The number of aromatic nitrogens is 1. The molecule has 2 rings (SSSR count). The number of rotatable bonds is 4. The van der Waals surface area contributed by atoms with Gasteiger partial charge < -0.3 is 10.4 Å². The van der Waals surface area contributed by atoms with Crippen molar-refractivity contribution in [3.8, 4) is 0 Å². The van der Waals surface area contributed by atoms with Crippen molar-refractivity contribution >= 4 is 11.9 Å². The highest BCUT2D eigenvalue weighted by molar-refractivity contribution is 5.85. The maximum absolute atomic E-state index is 12.1. The molecule has 0 aliphatic heterocycles. The Bertz CT molecular complexity index is 540. The fraction of sp³-hybridized carbons (Fsp3) is 0.400. The maximum Gasteiger partial charge on any atom is 0.307 e. The summed E-state index contributed by atoms with van der Waals surface area (Å²) in [6.07, 6.45) is 4.58. The van der Waals surface area contributed by atoms with Crippen LogP contribution in [-0.4, -0.2) is 22.0 Å². The van der Waals surface area contributed by atoms with Crippen molar-refractivity contribution in [2.24, 2.45) is 11.8 Å². The van der Waals surface area contributed by atoms with Crippen LogP contribution >= 0.6 is 0 Å². The molecule has 0 spiro atoms. The van der Waals surface area contributed by atoms with Crippen molar-refractivity contribution in [1.29, 1.82) is 0 Å². The quantitative estimate of drug-likeness (QED) is 0.819. The Balaban J connectivity index is 1.97. The van der Waals surface area contributed by atoms with Crippen molar-refractivity contribution in [3.05, 3.63) is 41.7 Å². The van der Waals surface area contributed by atoms with Crippen LogP contribution in [0.25, 0.3) is 0 Å². The van der Waals surface area contributed by atoms with Crippen molar-refractivity contribution in [3.63, 3.8) is 0 Å². The van der Waals surface area contributed by atoms with Crippen molar-refractivity contribution in [2.75, 3.05) is 0 Å². The van der Waals surface area contributed by atoms with Crippen molar-refractivity contribution in [2.45, 2.75) is 26.3 Å². The van der Waals surface area contributed by atoms with Crippen LogP contribution in [0.15, 0.2) is 30.4 Å². The van der Waals surface area contributed by atoms with Gasteiger partial charge >= 0.3 is 5.97 Å². The molecule has 1 aromatic heterocycles. The lowest BCUT2D eigenvalue weighted by atomic mass is 9.82. The highest BCUT2D eigenvalue weighted by atomic mass is 16.4. The number of hydrogen-bond acceptors (Lipinski definition) is 3. The minimum absolute atomic E-state index is 0.218. The highest BCUT2D eigenvalue weighted by Gasteiger charge is 2.33. The van der Waals surface area contributed by atoms with E-state index < -0.39 is 17.8 Å². The van der Waals surface area contributed by atoms with Gasteiger partial charge in [0.1, 0.15) is 0 Å². The second-order valence-corrected chi connectivity index (χ2v) is 4.98. The van der Waals surface area contributed by atoms with Gasteiger partial charge in [-0.25, -0.2) is 0 Å². The fourth-order valence-corrected chi connectivity index (χ4v) is 2.38. The molecule has 1 aliphatic carbocycles. The number of nitrogens with one attached hydrogen (secondary N) is 1. The van der Waals surface area contributed by atoms with E-state index in [1.165, 1.54) is 0 Å². The first-order valence-electron chi connectivity index (χ1n) is 6.66. The number of carboxylic acids is 1. The monoisotopic (exact) mass is 274 g/mol. The van der Waals surface area contributed by atoms with Crippen LogP contribution in [0.3, 0.4) is 0 Å². The number of aliphatic carboxylic acids is 1. The van der Waals surface area contributed by atoms with E-state index >= 15 is 0 Å². The van der Waals surface area contributed by atoms with Gasteiger partial charge in [-0.15, -0.1) is 0 Å². The molecule has 20 heavy (non-hydrogen) atoms. The first-order chi connectivity index (χ1) is 9.58. The molecule has 5 nitrogen and oxygen atoms in total. The molecule has 0 fully saturated rings. The molecule has 106 valence electrons. The topological polar surface area (TPSA) is 79.3 Å². The minimum atomic E-state index is -0.914. The second-order valence-electron chi connectivity index (χ2n) is 4.98. The van der Waals surface area contributed by atoms with Gasteiger partial charge in [0.15, 0.2) is 0 Å². The summed E-state index contributed by atoms with van der Waals surface area (Å²) in [4.78, 5) is 27.6. The highest BCUT2D eigenvalue weighted by Crippen LogP contribution is 2.26. The number of carbonyl (C=O) groups excluding carboxylic acids is 1.